The summed E-state index contributed by atoms with van der Waals surface area (Å²) < 4.78 is 5.82. The Hall–Kier alpha value is -2.46. The van der Waals surface area contributed by atoms with E-state index in [0.29, 0.717) is 24.2 Å². The van der Waals surface area contributed by atoms with Crippen LogP contribution in [0.5, 0.6) is 5.75 Å². The molecule has 23 heavy (non-hydrogen) atoms. The van der Waals surface area contributed by atoms with Crippen LogP contribution in [0.2, 0.25) is 0 Å². The summed E-state index contributed by atoms with van der Waals surface area (Å²) in [6.07, 6.45) is 1.29. The molecule has 4 heteroatoms. The zero-order valence-corrected chi connectivity index (χ0v) is 12.8. The van der Waals surface area contributed by atoms with Gasteiger partial charge < -0.3 is 10.5 Å². The summed E-state index contributed by atoms with van der Waals surface area (Å²) in [6.45, 7) is 0.0446. The first-order valence-corrected chi connectivity index (χ1v) is 7.77. The van der Waals surface area contributed by atoms with Crippen molar-refractivity contribution in [3.63, 3.8) is 0 Å². The molecule has 0 spiro atoms. The molecule has 0 saturated carbocycles. The van der Waals surface area contributed by atoms with E-state index in [1.165, 1.54) is 0 Å². The van der Waals surface area contributed by atoms with Crippen LogP contribution in [-0.4, -0.2) is 24.2 Å². The lowest BCUT2D eigenvalue weighted by Gasteiger charge is -2.24. The summed E-state index contributed by atoms with van der Waals surface area (Å²) in [6, 6.07) is 15.0. The maximum atomic E-state index is 12.6. The zero-order chi connectivity index (χ0) is 16.2. The lowest BCUT2D eigenvalue weighted by Crippen LogP contribution is -2.32. The number of rotatable bonds is 5. The third-order valence-corrected chi connectivity index (χ3v) is 4.05. The number of nitrogens with two attached hydrogens (primary N) is 1. The van der Waals surface area contributed by atoms with Gasteiger partial charge in [0.2, 0.25) is 5.78 Å². The number of carbonyl (C=O) groups is 2. The maximum absolute atomic E-state index is 12.6. The number of aryl methyl sites for hydroxylation is 1. The molecular weight excluding hydrogens is 290 g/mol. The first-order valence-electron chi connectivity index (χ1n) is 7.77. The Labute approximate surface area is 135 Å². The standard InChI is InChI=1S/C19H19NO3/c20-12-15(21)11-13-6-8-17-14(10-13)7-9-18(19(17)22)23-16-4-2-1-3-5-16/h1-6,8,10,18H,7,9,11-12,20H2. The molecule has 0 heterocycles. The second-order valence-electron chi connectivity index (χ2n) is 5.73. The van der Waals surface area contributed by atoms with Crippen LogP contribution >= 0.6 is 0 Å². The Kier molecular flexibility index (Phi) is 4.53. The number of hydrogen-bond donors (Lipinski definition) is 1. The van der Waals surface area contributed by atoms with Crippen LogP contribution in [0.4, 0.5) is 0 Å². The fraction of sp³-hybridized carbons (Fsp3) is 0.263. The van der Waals surface area contributed by atoms with Gasteiger partial charge in [-0.05, 0) is 36.1 Å². The Bertz CT molecular complexity index is 725. The molecule has 0 aromatic heterocycles. The predicted molar refractivity (Wildman–Crippen MR) is 87.7 cm³/mol. The lowest BCUT2D eigenvalue weighted by atomic mass is 9.87. The quantitative estimate of drug-likeness (QED) is 0.920. The van der Waals surface area contributed by atoms with Crippen molar-refractivity contribution in [2.24, 2.45) is 5.73 Å². The highest BCUT2D eigenvalue weighted by Gasteiger charge is 2.29. The molecule has 0 aliphatic heterocycles. The van der Waals surface area contributed by atoms with Crippen molar-refractivity contribution >= 4 is 11.6 Å². The SMILES string of the molecule is NCC(=O)Cc1ccc2c(c1)CCC(Oc1ccccc1)C2=O. The van der Waals surface area contributed by atoms with Crippen LogP contribution in [0.25, 0.3) is 0 Å². The summed E-state index contributed by atoms with van der Waals surface area (Å²) in [7, 11) is 0. The topological polar surface area (TPSA) is 69.4 Å². The maximum Gasteiger partial charge on any atom is 0.203 e. The first kappa shape index (κ1) is 15.4. The number of carbonyl (C=O) groups excluding carboxylic acids is 2. The number of benzene rings is 2. The number of Topliss-reactive ketones (excluding diaryl/α,β-unsaturated/α-hetero) is 2. The summed E-state index contributed by atoms with van der Waals surface area (Å²) in [5, 5.41) is 0. The zero-order valence-electron chi connectivity index (χ0n) is 12.8. The van der Waals surface area contributed by atoms with Gasteiger partial charge in [0.1, 0.15) is 5.75 Å². The van der Waals surface area contributed by atoms with Crippen molar-refractivity contribution < 1.29 is 14.3 Å². The molecule has 0 bridgehead atoms. The van der Waals surface area contributed by atoms with E-state index < -0.39 is 6.10 Å². The fourth-order valence-corrected chi connectivity index (χ4v) is 2.87. The number of ketones is 2. The van der Waals surface area contributed by atoms with Crippen LogP contribution in [0.3, 0.4) is 0 Å². The highest BCUT2D eigenvalue weighted by Crippen LogP contribution is 2.26. The highest BCUT2D eigenvalue weighted by atomic mass is 16.5. The fourth-order valence-electron chi connectivity index (χ4n) is 2.87. The molecule has 4 nitrogen and oxygen atoms in total. The Morgan fingerprint density at radius 3 is 2.70 bits per heavy atom. The average Bonchev–Trinajstić information content (AvgIpc) is 2.58. The van der Waals surface area contributed by atoms with Gasteiger partial charge in [-0.25, -0.2) is 0 Å². The normalized spacial score (nSPS) is 16.7. The van der Waals surface area contributed by atoms with E-state index >= 15 is 0 Å². The summed E-state index contributed by atoms with van der Waals surface area (Å²) in [4.78, 5) is 24.1. The van der Waals surface area contributed by atoms with Gasteiger partial charge in [-0.1, -0.05) is 36.4 Å². The first-order chi connectivity index (χ1) is 11.2. The highest BCUT2D eigenvalue weighted by molar-refractivity contribution is 6.02. The Balaban J connectivity index is 1.76. The minimum atomic E-state index is -0.443. The molecule has 1 aliphatic rings. The lowest BCUT2D eigenvalue weighted by molar-refractivity contribution is -0.117. The minimum Gasteiger partial charge on any atom is -0.482 e. The van der Waals surface area contributed by atoms with Gasteiger partial charge >= 0.3 is 0 Å². The molecule has 1 unspecified atom stereocenters. The summed E-state index contributed by atoms with van der Waals surface area (Å²) in [5.41, 5.74) is 7.95. The molecule has 1 aliphatic carbocycles. The monoisotopic (exact) mass is 309 g/mol. The van der Waals surface area contributed by atoms with Crippen LogP contribution in [0.15, 0.2) is 48.5 Å². The van der Waals surface area contributed by atoms with E-state index in [1.54, 1.807) is 6.07 Å². The molecule has 1 atom stereocenters. The third kappa shape index (κ3) is 3.48. The molecule has 0 amide bonds. The molecule has 2 N–H and O–H groups in total. The van der Waals surface area contributed by atoms with Crippen molar-refractivity contribution in [3.8, 4) is 5.75 Å². The number of ether oxygens (including phenoxy) is 1. The minimum absolute atomic E-state index is 0.00243. The second kappa shape index (κ2) is 6.75. The van der Waals surface area contributed by atoms with Gasteiger partial charge in [0.25, 0.3) is 0 Å². The van der Waals surface area contributed by atoms with Crippen LogP contribution in [-0.2, 0) is 17.6 Å². The molecule has 0 saturated heterocycles. The number of hydrogen-bond acceptors (Lipinski definition) is 4. The second-order valence-corrected chi connectivity index (χ2v) is 5.73. The van der Waals surface area contributed by atoms with Gasteiger partial charge in [-0.2, -0.15) is 0 Å². The molecular formula is C19H19NO3. The molecule has 0 fully saturated rings. The van der Waals surface area contributed by atoms with E-state index in [4.69, 9.17) is 10.5 Å². The van der Waals surface area contributed by atoms with Crippen LogP contribution in [0.1, 0.15) is 27.9 Å². The Morgan fingerprint density at radius 1 is 1.17 bits per heavy atom. The summed E-state index contributed by atoms with van der Waals surface area (Å²) >= 11 is 0. The van der Waals surface area contributed by atoms with Crippen LogP contribution < -0.4 is 10.5 Å². The van der Waals surface area contributed by atoms with Gasteiger partial charge in [0, 0.05) is 12.0 Å². The predicted octanol–water partition coefficient (Wildman–Crippen LogP) is 2.33. The Morgan fingerprint density at radius 2 is 1.96 bits per heavy atom. The van der Waals surface area contributed by atoms with Gasteiger partial charge in [-0.3, -0.25) is 9.59 Å². The third-order valence-electron chi connectivity index (χ3n) is 4.05. The molecule has 0 radical (unpaired) electrons. The van der Waals surface area contributed by atoms with E-state index in [9.17, 15) is 9.59 Å². The van der Waals surface area contributed by atoms with Crippen molar-refractivity contribution in [3.05, 3.63) is 65.2 Å². The van der Waals surface area contributed by atoms with Crippen molar-refractivity contribution in [1.29, 1.82) is 0 Å². The van der Waals surface area contributed by atoms with E-state index in [1.807, 2.05) is 42.5 Å². The molecule has 3 rings (SSSR count). The van der Waals surface area contributed by atoms with Gasteiger partial charge in [0.15, 0.2) is 11.9 Å². The van der Waals surface area contributed by atoms with Gasteiger partial charge in [-0.15, -0.1) is 0 Å². The number of fused-ring (bicyclic) bond motifs is 1. The van der Waals surface area contributed by atoms with Crippen LogP contribution in [0, 0.1) is 0 Å². The smallest absolute Gasteiger partial charge is 0.203 e. The van der Waals surface area contributed by atoms with Crippen molar-refractivity contribution in [2.75, 3.05) is 6.54 Å². The number of para-hydroxylation sites is 1. The van der Waals surface area contributed by atoms with E-state index in [-0.39, 0.29) is 18.1 Å². The molecule has 2 aromatic carbocycles. The van der Waals surface area contributed by atoms with E-state index in [2.05, 4.69) is 0 Å². The van der Waals surface area contributed by atoms with Crippen molar-refractivity contribution in [1.82, 2.24) is 0 Å². The van der Waals surface area contributed by atoms with E-state index in [0.717, 1.165) is 17.5 Å². The largest absolute Gasteiger partial charge is 0.482 e. The van der Waals surface area contributed by atoms with Gasteiger partial charge in [0.05, 0.1) is 6.54 Å². The molecule has 2 aromatic rings. The summed E-state index contributed by atoms with van der Waals surface area (Å²) in [5.74, 6) is 0.712. The molecule has 118 valence electrons. The average molecular weight is 309 g/mol. The van der Waals surface area contributed by atoms with Crippen molar-refractivity contribution in [2.45, 2.75) is 25.4 Å².